The van der Waals surface area contributed by atoms with E-state index in [1.165, 1.54) is 28.0 Å². The van der Waals surface area contributed by atoms with Crippen LogP contribution < -0.4 is 0 Å². The molecule has 1 atom stereocenters. The minimum absolute atomic E-state index is 0.203. The Balaban J connectivity index is 2.23. The first kappa shape index (κ1) is 14.4. The molecule has 0 fully saturated rings. The largest absolute Gasteiger partial charge is 0.111 e. The van der Waals surface area contributed by atoms with Gasteiger partial charge in [-0.25, -0.2) is 0 Å². The van der Waals surface area contributed by atoms with E-state index in [4.69, 9.17) is 23.2 Å². The van der Waals surface area contributed by atoms with Gasteiger partial charge in [0.05, 0.1) is 8.67 Å². The highest BCUT2D eigenvalue weighted by Crippen LogP contribution is 2.40. The van der Waals surface area contributed by atoms with Crippen LogP contribution in [0.3, 0.4) is 0 Å². The number of hydrogen-bond donors (Lipinski definition) is 0. The predicted octanol–water partition coefficient (Wildman–Crippen LogP) is 6.35. The average molecular weight is 364 g/mol. The number of halogens is 3. The summed E-state index contributed by atoms with van der Waals surface area (Å²) in [5.74, 6) is 0. The van der Waals surface area contributed by atoms with Crippen LogP contribution >= 0.6 is 50.5 Å². The van der Waals surface area contributed by atoms with Crippen molar-refractivity contribution in [2.24, 2.45) is 0 Å². The molecule has 0 N–H and O–H groups in total. The molecule has 0 bridgehead atoms. The van der Waals surface area contributed by atoms with E-state index in [2.05, 4.69) is 48.0 Å². The highest BCUT2D eigenvalue weighted by molar-refractivity contribution is 9.09. The van der Waals surface area contributed by atoms with E-state index in [9.17, 15) is 0 Å². The SMILES string of the molecule is Cc1ccc(C)c(CC(Br)c2cc(Cl)sc2Cl)c1. The predicted molar refractivity (Wildman–Crippen MR) is 85.6 cm³/mol. The molecule has 0 nitrogen and oxygen atoms in total. The maximum atomic E-state index is 6.18. The summed E-state index contributed by atoms with van der Waals surface area (Å²) in [6.07, 6.45) is 0.917. The third-order valence-corrected chi connectivity index (χ3v) is 5.26. The van der Waals surface area contributed by atoms with Gasteiger partial charge in [0.25, 0.3) is 0 Å². The molecule has 0 aliphatic rings. The molecule has 0 amide bonds. The molecular weight excluding hydrogens is 351 g/mol. The maximum Gasteiger partial charge on any atom is 0.0987 e. The van der Waals surface area contributed by atoms with Gasteiger partial charge in [0.1, 0.15) is 0 Å². The van der Waals surface area contributed by atoms with E-state index < -0.39 is 0 Å². The minimum Gasteiger partial charge on any atom is -0.111 e. The molecule has 1 aromatic heterocycles. The molecule has 1 heterocycles. The molecule has 1 unspecified atom stereocenters. The number of aryl methyl sites for hydroxylation is 2. The summed E-state index contributed by atoms with van der Waals surface area (Å²) in [6.45, 7) is 4.25. The lowest BCUT2D eigenvalue weighted by Crippen LogP contribution is -1.97. The van der Waals surface area contributed by atoms with Gasteiger partial charge in [0, 0.05) is 4.83 Å². The van der Waals surface area contributed by atoms with Crippen molar-refractivity contribution in [1.29, 1.82) is 0 Å². The van der Waals surface area contributed by atoms with E-state index in [0.29, 0.717) is 0 Å². The molecule has 2 aromatic rings. The third kappa shape index (κ3) is 3.30. The standard InChI is InChI=1S/C14H13BrCl2S/c1-8-3-4-9(2)10(5-8)6-12(15)11-7-13(16)18-14(11)17/h3-5,7,12H,6H2,1-2H3. The molecule has 1 aromatic carbocycles. The maximum absolute atomic E-state index is 6.18. The van der Waals surface area contributed by atoms with Crippen LogP contribution in [0.25, 0.3) is 0 Å². The van der Waals surface area contributed by atoms with Gasteiger partial charge in [-0.05, 0) is 43.0 Å². The summed E-state index contributed by atoms with van der Waals surface area (Å²) < 4.78 is 1.51. The Kier molecular flexibility index (Phi) is 4.76. The van der Waals surface area contributed by atoms with Gasteiger partial charge in [-0.15, -0.1) is 11.3 Å². The quantitative estimate of drug-likeness (QED) is 0.557. The van der Waals surface area contributed by atoms with Crippen LogP contribution in [-0.4, -0.2) is 0 Å². The Morgan fingerprint density at radius 2 is 1.94 bits per heavy atom. The zero-order valence-electron chi connectivity index (χ0n) is 10.1. The smallest absolute Gasteiger partial charge is 0.0987 e. The highest BCUT2D eigenvalue weighted by atomic mass is 79.9. The van der Waals surface area contributed by atoms with Crippen molar-refractivity contribution in [3.8, 4) is 0 Å². The van der Waals surface area contributed by atoms with Gasteiger partial charge in [0.15, 0.2) is 0 Å². The fraction of sp³-hybridized carbons (Fsp3) is 0.286. The molecule has 0 aliphatic carbocycles. The molecule has 4 heteroatoms. The summed E-state index contributed by atoms with van der Waals surface area (Å²) >= 11 is 17.3. The molecule has 0 saturated carbocycles. The van der Waals surface area contributed by atoms with Crippen LogP contribution in [0, 0.1) is 13.8 Å². The first-order chi connectivity index (χ1) is 8.47. The lowest BCUT2D eigenvalue weighted by Gasteiger charge is -2.12. The van der Waals surface area contributed by atoms with Crippen LogP contribution in [0.4, 0.5) is 0 Å². The number of alkyl halides is 1. The fourth-order valence-corrected chi connectivity index (χ4v) is 4.46. The van der Waals surface area contributed by atoms with Crippen molar-refractivity contribution in [3.63, 3.8) is 0 Å². The Bertz CT molecular complexity index is 563. The van der Waals surface area contributed by atoms with Gasteiger partial charge >= 0.3 is 0 Å². The summed E-state index contributed by atoms with van der Waals surface area (Å²) in [6, 6.07) is 8.47. The van der Waals surface area contributed by atoms with Crippen molar-refractivity contribution < 1.29 is 0 Å². The van der Waals surface area contributed by atoms with Crippen LogP contribution in [0.5, 0.6) is 0 Å². The van der Waals surface area contributed by atoms with Gasteiger partial charge in [0.2, 0.25) is 0 Å². The van der Waals surface area contributed by atoms with Crippen molar-refractivity contribution in [2.75, 3.05) is 0 Å². The Morgan fingerprint density at radius 3 is 2.56 bits per heavy atom. The number of benzene rings is 1. The number of thiophene rings is 1. The van der Waals surface area contributed by atoms with Gasteiger partial charge < -0.3 is 0 Å². The van der Waals surface area contributed by atoms with Gasteiger partial charge in [-0.3, -0.25) is 0 Å². The number of hydrogen-bond acceptors (Lipinski definition) is 1. The van der Waals surface area contributed by atoms with Crippen LogP contribution in [0.15, 0.2) is 24.3 Å². The lowest BCUT2D eigenvalue weighted by molar-refractivity contribution is 0.941. The van der Waals surface area contributed by atoms with E-state index in [-0.39, 0.29) is 4.83 Å². The minimum atomic E-state index is 0.203. The first-order valence-electron chi connectivity index (χ1n) is 5.62. The zero-order chi connectivity index (χ0) is 13.3. The molecular formula is C14H13BrCl2S. The monoisotopic (exact) mass is 362 g/mol. The second kappa shape index (κ2) is 5.96. The summed E-state index contributed by atoms with van der Waals surface area (Å²) in [5, 5.41) is 0. The van der Waals surface area contributed by atoms with E-state index in [0.717, 1.165) is 20.7 Å². The highest BCUT2D eigenvalue weighted by Gasteiger charge is 2.16. The number of rotatable bonds is 3. The van der Waals surface area contributed by atoms with Crippen molar-refractivity contribution in [2.45, 2.75) is 25.1 Å². The molecule has 0 spiro atoms. The van der Waals surface area contributed by atoms with Crippen LogP contribution in [-0.2, 0) is 6.42 Å². The van der Waals surface area contributed by atoms with E-state index in [1.54, 1.807) is 0 Å². The van der Waals surface area contributed by atoms with Crippen LogP contribution in [0.1, 0.15) is 27.1 Å². The van der Waals surface area contributed by atoms with Crippen molar-refractivity contribution >= 4 is 50.5 Å². The zero-order valence-corrected chi connectivity index (χ0v) is 14.1. The Morgan fingerprint density at radius 1 is 1.22 bits per heavy atom. The normalized spacial score (nSPS) is 12.7. The van der Waals surface area contributed by atoms with Crippen LogP contribution in [0.2, 0.25) is 8.67 Å². The topological polar surface area (TPSA) is 0 Å². The second-order valence-corrected chi connectivity index (χ2v) is 7.77. The molecule has 2 rings (SSSR count). The Labute approximate surface area is 130 Å². The van der Waals surface area contributed by atoms with Gasteiger partial charge in [-0.2, -0.15) is 0 Å². The van der Waals surface area contributed by atoms with Gasteiger partial charge in [-0.1, -0.05) is 62.9 Å². The second-order valence-electron chi connectivity index (χ2n) is 4.38. The average Bonchev–Trinajstić information content (AvgIpc) is 2.63. The fourth-order valence-electron chi connectivity index (χ4n) is 1.89. The molecule has 0 saturated heterocycles. The van der Waals surface area contributed by atoms with Crippen molar-refractivity contribution in [1.82, 2.24) is 0 Å². The Hall–Kier alpha value is -0.0200. The van der Waals surface area contributed by atoms with E-state index >= 15 is 0 Å². The summed E-state index contributed by atoms with van der Waals surface area (Å²) in [4.78, 5) is 0.203. The summed E-state index contributed by atoms with van der Waals surface area (Å²) in [5.41, 5.74) is 5.01. The van der Waals surface area contributed by atoms with E-state index in [1.807, 2.05) is 6.07 Å². The van der Waals surface area contributed by atoms with Crippen molar-refractivity contribution in [3.05, 3.63) is 55.2 Å². The molecule has 0 radical (unpaired) electrons. The summed E-state index contributed by atoms with van der Waals surface area (Å²) in [7, 11) is 0. The molecule has 96 valence electrons. The lowest BCUT2D eigenvalue weighted by atomic mass is 10.00. The third-order valence-electron chi connectivity index (χ3n) is 2.92. The first-order valence-corrected chi connectivity index (χ1v) is 8.11. The molecule has 18 heavy (non-hydrogen) atoms. The molecule has 0 aliphatic heterocycles.